The zero-order chi connectivity index (χ0) is 15.4. The molecule has 2 unspecified atom stereocenters. The first-order valence-corrected chi connectivity index (χ1v) is 7.60. The lowest BCUT2D eigenvalue weighted by atomic mass is 10.00. The minimum Gasteiger partial charge on any atom is -0.380 e. The van der Waals surface area contributed by atoms with Crippen molar-refractivity contribution in [2.24, 2.45) is 0 Å². The molecule has 2 N–H and O–H groups in total. The van der Waals surface area contributed by atoms with E-state index in [0.717, 1.165) is 12.8 Å². The van der Waals surface area contributed by atoms with Crippen LogP contribution in [0.1, 0.15) is 40.0 Å². The van der Waals surface area contributed by atoms with Crippen LogP contribution in [0, 0.1) is 10.1 Å². The lowest BCUT2D eigenvalue weighted by molar-refractivity contribution is -0.383. The van der Waals surface area contributed by atoms with E-state index in [1.165, 1.54) is 6.42 Å². The maximum Gasteiger partial charge on any atom is 0.316 e. The van der Waals surface area contributed by atoms with Crippen LogP contribution in [0.15, 0.2) is 18.2 Å². The van der Waals surface area contributed by atoms with Gasteiger partial charge in [0.05, 0.1) is 4.92 Å². The normalized spacial score (nSPS) is 22.8. The number of hydrogen-bond acceptors (Lipinski definition) is 5. The molecule has 1 saturated heterocycles. The van der Waals surface area contributed by atoms with Crippen molar-refractivity contribution in [1.29, 1.82) is 0 Å². The van der Waals surface area contributed by atoms with E-state index >= 15 is 0 Å². The molecule has 1 heterocycles. The maximum atomic E-state index is 11.4. The molecule has 2 rings (SSSR count). The largest absolute Gasteiger partial charge is 0.380 e. The molecule has 1 aliphatic rings. The first-order valence-electron chi connectivity index (χ1n) is 7.60. The molecule has 21 heavy (non-hydrogen) atoms. The molecule has 6 heteroatoms. The highest BCUT2D eigenvalue weighted by molar-refractivity contribution is 5.75. The van der Waals surface area contributed by atoms with Crippen molar-refractivity contribution in [3.8, 4) is 0 Å². The van der Waals surface area contributed by atoms with Gasteiger partial charge in [0.1, 0.15) is 11.4 Å². The molecule has 0 aromatic heterocycles. The molecule has 1 fully saturated rings. The number of hydrazine groups is 1. The van der Waals surface area contributed by atoms with E-state index in [4.69, 9.17) is 0 Å². The van der Waals surface area contributed by atoms with Crippen LogP contribution in [0.25, 0.3) is 0 Å². The molecular weight excluding hydrogens is 268 g/mol. The summed E-state index contributed by atoms with van der Waals surface area (Å²) in [4.78, 5) is 11.1. The summed E-state index contributed by atoms with van der Waals surface area (Å²) in [5, 5.41) is 16.6. The average molecular weight is 292 g/mol. The van der Waals surface area contributed by atoms with Crippen LogP contribution in [0.2, 0.25) is 0 Å². The van der Waals surface area contributed by atoms with Crippen molar-refractivity contribution >= 4 is 17.1 Å². The number of nitro benzene ring substituents is 1. The molecule has 0 amide bonds. The first kappa shape index (κ1) is 15.6. The lowest BCUT2D eigenvalue weighted by Gasteiger charge is -2.39. The Morgan fingerprint density at radius 2 is 1.90 bits per heavy atom. The van der Waals surface area contributed by atoms with Gasteiger partial charge in [0.25, 0.3) is 0 Å². The molecular formula is C15H24N4O2. The van der Waals surface area contributed by atoms with Crippen molar-refractivity contribution in [3.05, 3.63) is 28.3 Å². The van der Waals surface area contributed by atoms with E-state index < -0.39 is 0 Å². The predicted molar refractivity (Wildman–Crippen MR) is 85.5 cm³/mol. The molecule has 116 valence electrons. The summed E-state index contributed by atoms with van der Waals surface area (Å²) in [6.45, 7) is 6.89. The monoisotopic (exact) mass is 292 g/mol. The third-order valence-electron chi connectivity index (χ3n) is 4.03. The molecule has 1 aromatic carbocycles. The van der Waals surface area contributed by atoms with Crippen LogP contribution < -0.4 is 10.7 Å². The highest BCUT2D eigenvalue weighted by atomic mass is 16.6. The molecule has 2 atom stereocenters. The number of benzene rings is 1. The summed E-state index contributed by atoms with van der Waals surface area (Å²) in [7, 11) is 0. The Labute approximate surface area is 125 Å². The van der Waals surface area contributed by atoms with E-state index in [1.54, 1.807) is 12.1 Å². The molecule has 0 radical (unpaired) electrons. The Balaban J connectivity index is 2.30. The summed E-state index contributed by atoms with van der Waals surface area (Å²) in [6.07, 6.45) is 3.43. The zero-order valence-electron chi connectivity index (χ0n) is 12.9. The smallest absolute Gasteiger partial charge is 0.316 e. The van der Waals surface area contributed by atoms with E-state index in [1.807, 2.05) is 13.0 Å². The van der Waals surface area contributed by atoms with Crippen LogP contribution in [0.3, 0.4) is 0 Å². The zero-order valence-corrected chi connectivity index (χ0v) is 12.9. The van der Waals surface area contributed by atoms with Crippen molar-refractivity contribution in [2.45, 2.75) is 52.1 Å². The molecule has 0 spiro atoms. The highest BCUT2D eigenvalue weighted by Gasteiger charge is 2.28. The van der Waals surface area contributed by atoms with Gasteiger partial charge in [0.2, 0.25) is 0 Å². The third kappa shape index (κ3) is 3.44. The maximum absolute atomic E-state index is 11.4. The van der Waals surface area contributed by atoms with Crippen molar-refractivity contribution in [2.75, 3.05) is 17.3 Å². The quantitative estimate of drug-likeness (QED) is 0.640. The minimum atomic E-state index is -0.320. The number of nitrogens with zero attached hydrogens (tertiary/aromatic N) is 2. The number of hydrogen-bond donors (Lipinski definition) is 2. The van der Waals surface area contributed by atoms with Crippen LogP contribution in [-0.4, -0.2) is 28.6 Å². The Kier molecular flexibility index (Phi) is 5.01. The second kappa shape index (κ2) is 6.76. The molecule has 1 aliphatic heterocycles. The van der Waals surface area contributed by atoms with Gasteiger partial charge in [0.15, 0.2) is 0 Å². The van der Waals surface area contributed by atoms with Gasteiger partial charge in [-0.3, -0.25) is 10.1 Å². The summed E-state index contributed by atoms with van der Waals surface area (Å²) in [6, 6.07) is 6.10. The standard InChI is InChI=1S/C15H24N4O2/c1-4-16-13-9-6-10-14(15(13)19(20)21)17-18-11(2)7-5-8-12(18)3/h6,9-12,16-17H,4-5,7-8H2,1-3H3. The van der Waals surface area contributed by atoms with Crippen molar-refractivity contribution in [3.63, 3.8) is 0 Å². The summed E-state index contributed by atoms with van der Waals surface area (Å²) in [5.74, 6) is 0. The van der Waals surface area contributed by atoms with E-state index in [2.05, 4.69) is 29.6 Å². The van der Waals surface area contributed by atoms with Gasteiger partial charge in [-0.15, -0.1) is 0 Å². The Morgan fingerprint density at radius 1 is 1.29 bits per heavy atom. The Hall–Kier alpha value is -1.82. The SMILES string of the molecule is CCNc1cccc(NN2C(C)CCCC2C)c1[N+](=O)[O-]. The Morgan fingerprint density at radius 3 is 2.48 bits per heavy atom. The molecule has 0 saturated carbocycles. The van der Waals surface area contributed by atoms with Gasteiger partial charge < -0.3 is 10.7 Å². The third-order valence-corrected chi connectivity index (χ3v) is 4.03. The van der Waals surface area contributed by atoms with Gasteiger partial charge in [-0.05, 0) is 45.7 Å². The minimum absolute atomic E-state index is 0.115. The van der Waals surface area contributed by atoms with Crippen LogP contribution in [0.5, 0.6) is 0 Å². The van der Waals surface area contributed by atoms with Crippen molar-refractivity contribution < 1.29 is 4.92 Å². The molecule has 0 bridgehead atoms. The van der Waals surface area contributed by atoms with Crippen molar-refractivity contribution in [1.82, 2.24) is 5.01 Å². The number of rotatable bonds is 5. The van der Waals surface area contributed by atoms with Crippen LogP contribution in [0.4, 0.5) is 17.1 Å². The summed E-state index contributed by atoms with van der Waals surface area (Å²) < 4.78 is 0. The highest BCUT2D eigenvalue weighted by Crippen LogP contribution is 2.34. The number of anilines is 2. The van der Waals surface area contributed by atoms with Gasteiger partial charge in [-0.1, -0.05) is 12.5 Å². The fourth-order valence-corrected chi connectivity index (χ4v) is 2.94. The van der Waals surface area contributed by atoms with Gasteiger partial charge in [-0.2, -0.15) is 0 Å². The predicted octanol–water partition coefficient (Wildman–Crippen LogP) is 3.62. The number of nitro groups is 1. The van der Waals surface area contributed by atoms with E-state index in [-0.39, 0.29) is 10.6 Å². The van der Waals surface area contributed by atoms with Gasteiger partial charge >= 0.3 is 5.69 Å². The number of piperidine rings is 1. The average Bonchev–Trinajstić information content (AvgIpc) is 2.43. The second-order valence-corrected chi connectivity index (χ2v) is 5.64. The van der Waals surface area contributed by atoms with Crippen LogP contribution >= 0.6 is 0 Å². The van der Waals surface area contributed by atoms with E-state index in [0.29, 0.717) is 30.0 Å². The Bertz CT molecular complexity index is 496. The van der Waals surface area contributed by atoms with Crippen LogP contribution in [-0.2, 0) is 0 Å². The van der Waals surface area contributed by atoms with Gasteiger partial charge in [-0.25, -0.2) is 5.01 Å². The van der Waals surface area contributed by atoms with Gasteiger partial charge in [0, 0.05) is 18.6 Å². The second-order valence-electron chi connectivity index (χ2n) is 5.64. The lowest BCUT2D eigenvalue weighted by Crippen LogP contribution is -2.47. The summed E-state index contributed by atoms with van der Waals surface area (Å²) >= 11 is 0. The summed E-state index contributed by atoms with van der Waals surface area (Å²) in [5.41, 5.74) is 4.51. The van der Waals surface area contributed by atoms with E-state index in [9.17, 15) is 10.1 Å². The molecule has 0 aliphatic carbocycles. The number of nitrogens with one attached hydrogen (secondary N) is 2. The first-order chi connectivity index (χ1) is 10.0. The molecule has 1 aromatic rings. The fourth-order valence-electron chi connectivity index (χ4n) is 2.94. The topological polar surface area (TPSA) is 70.4 Å². The number of para-hydroxylation sites is 1. The molecule has 6 nitrogen and oxygen atoms in total. The fraction of sp³-hybridized carbons (Fsp3) is 0.600.